The molecule has 3 N–H and O–H groups in total. The lowest BCUT2D eigenvalue weighted by Crippen LogP contribution is -2.38. The largest absolute Gasteiger partial charge is 0.355 e. The van der Waals surface area contributed by atoms with Gasteiger partial charge in [0.15, 0.2) is 5.82 Å². The first kappa shape index (κ1) is 29.8. The molecule has 0 unspecified atom stereocenters. The summed E-state index contributed by atoms with van der Waals surface area (Å²) in [5, 5.41) is 9.11. The van der Waals surface area contributed by atoms with Crippen LogP contribution in [0.2, 0.25) is 0 Å². The van der Waals surface area contributed by atoms with Crippen LogP contribution >= 0.6 is 0 Å². The Hall–Kier alpha value is -4.42. The highest BCUT2D eigenvalue weighted by atomic mass is 16.2. The second-order valence-corrected chi connectivity index (χ2v) is 8.92. The third-order valence-corrected chi connectivity index (χ3v) is 5.13. The van der Waals surface area contributed by atoms with Gasteiger partial charge in [-0.1, -0.05) is 48.8 Å². The van der Waals surface area contributed by atoms with Crippen LogP contribution in [0.4, 0.5) is 17.5 Å². The Labute approximate surface area is 225 Å². The topological polar surface area (TPSA) is 102 Å². The standard InChI is InChI=1S/C29H37N7O2/c1-7-23(3)32-29-31-20-24(28(34-29)33-25-16-14-22(2)15-17-25)12-9-8-10-18-30-26(37)21-36(6)27(38)13-11-19-35(4)5/h7,11,13-17,20H,1,3,8,10,18-19,21H2,2,4-6H3,(H,30,37)(H2,31,32,33,34)/b13-11+. The van der Waals surface area contributed by atoms with E-state index in [2.05, 4.69) is 50.9 Å². The van der Waals surface area contributed by atoms with E-state index in [1.807, 2.05) is 50.2 Å². The van der Waals surface area contributed by atoms with Crippen LogP contribution in [0.5, 0.6) is 0 Å². The van der Waals surface area contributed by atoms with Gasteiger partial charge in [-0.2, -0.15) is 4.98 Å². The summed E-state index contributed by atoms with van der Waals surface area (Å²) in [6.45, 7) is 10.7. The number of nitrogens with zero attached hydrogens (tertiary/aromatic N) is 4. The number of unbranched alkanes of at least 4 members (excludes halogenated alkanes) is 1. The maximum Gasteiger partial charge on any atom is 0.246 e. The molecule has 0 radical (unpaired) electrons. The molecule has 9 nitrogen and oxygen atoms in total. The van der Waals surface area contributed by atoms with Gasteiger partial charge in [0.25, 0.3) is 0 Å². The van der Waals surface area contributed by atoms with E-state index in [-0.39, 0.29) is 18.4 Å². The molecule has 2 aromatic rings. The normalized spacial score (nSPS) is 10.4. The maximum atomic E-state index is 12.1. The van der Waals surface area contributed by atoms with E-state index < -0.39 is 0 Å². The SMILES string of the molecule is C=CC(=C)Nc1ncc(C#CCCCNC(=O)CN(C)C(=O)/C=C/CN(C)C)c(Nc2ccc(C)cc2)n1. The third kappa shape index (κ3) is 11.1. The average molecular weight is 516 g/mol. The first-order chi connectivity index (χ1) is 18.2. The maximum absolute atomic E-state index is 12.1. The number of hydrogen-bond acceptors (Lipinski definition) is 7. The molecule has 0 aliphatic carbocycles. The molecule has 2 amide bonds. The van der Waals surface area contributed by atoms with Crippen LogP contribution < -0.4 is 16.0 Å². The van der Waals surface area contributed by atoms with Gasteiger partial charge in [-0.25, -0.2) is 4.98 Å². The van der Waals surface area contributed by atoms with Crippen LogP contribution in [-0.4, -0.2) is 72.4 Å². The van der Waals surface area contributed by atoms with Gasteiger partial charge in [-0.15, -0.1) is 0 Å². The van der Waals surface area contributed by atoms with Crippen molar-refractivity contribution in [3.05, 3.63) is 78.7 Å². The van der Waals surface area contributed by atoms with Crippen molar-refractivity contribution in [2.24, 2.45) is 0 Å². The average Bonchev–Trinajstić information content (AvgIpc) is 2.88. The van der Waals surface area contributed by atoms with Crippen molar-refractivity contribution in [1.29, 1.82) is 0 Å². The van der Waals surface area contributed by atoms with Gasteiger partial charge in [0.05, 0.1) is 18.3 Å². The highest BCUT2D eigenvalue weighted by Gasteiger charge is 2.10. The minimum Gasteiger partial charge on any atom is -0.355 e. The summed E-state index contributed by atoms with van der Waals surface area (Å²) in [4.78, 5) is 36.4. The molecule has 0 bridgehead atoms. The van der Waals surface area contributed by atoms with Gasteiger partial charge in [-0.3, -0.25) is 9.59 Å². The van der Waals surface area contributed by atoms with Crippen LogP contribution in [-0.2, 0) is 9.59 Å². The Morgan fingerprint density at radius 1 is 1.16 bits per heavy atom. The minimum atomic E-state index is -0.211. The summed E-state index contributed by atoms with van der Waals surface area (Å²) in [5.74, 6) is 6.77. The number of aromatic nitrogens is 2. The summed E-state index contributed by atoms with van der Waals surface area (Å²) in [7, 11) is 5.44. The Kier molecular flexibility index (Phi) is 12.3. The molecule has 0 fully saturated rings. The molecular weight excluding hydrogens is 478 g/mol. The Balaban J connectivity index is 1.91. The van der Waals surface area contributed by atoms with Gasteiger partial charge < -0.3 is 25.8 Å². The quantitative estimate of drug-likeness (QED) is 0.162. The van der Waals surface area contributed by atoms with Crippen molar-refractivity contribution in [3.8, 4) is 11.8 Å². The number of hydrogen-bond donors (Lipinski definition) is 3. The van der Waals surface area contributed by atoms with Crippen molar-refractivity contribution in [1.82, 2.24) is 25.1 Å². The highest BCUT2D eigenvalue weighted by molar-refractivity contribution is 5.91. The van der Waals surface area contributed by atoms with E-state index in [4.69, 9.17) is 0 Å². The van der Waals surface area contributed by atoms with Crippen LogP contribution in [0.1, 0.15) is 24.0 Å². The molecule has 1 aromatic heterocycles. The summed E-state index contributed by atoms with van der Waals surface area (Å²) in [5.41, 5.74) is 3.27. The zero-order valence-electron chi connectivity index (χ0n) is 22.7. The third-order valence-electron chi connectivity index (χ3n) is 5.13. The lowest BCUT2D eigenvalue weighted by molar-refractivity contribution is -0.131. The summed E-state index contributed by atoms with van der Waals surface area (Å²) >= 11 is 0. The van der Waals surface area contributed by atoms with Crippen molar-refractivity contribution in [2.75, 3.05) is 51.4 Å². The molecule has 2 rings (SSSR count). The number of anilines is 3. The molecule has 0 atom stereocenters. The molecule has 1 heterocycles. The molecule has 1 aromatic carbocycles. The fourth-order valence-corrected chi connectivity index (χ4v) is 3.00. The molecule has 0 aliphatic rings. The second kappa shape index (κ2) is 15.6. The van der Waals surface area contributed by atoms with Gasteiger partial charge >= 0.3 is 0 Å². The number of carbonyl (C=O) groups excluding carboxylic acids is 2. The monoisotopic (exact) mass is 515 g/mol. The zero-order chi connectivity index (χ0) is 27.9. The Morgan fingerprint density at radius 3 is 2.58 bits per heavy atom. The molecule has 38 heavy (non-hydrogen) atoms. The van der Waals surface area contributed by atoms with Gasteiger partial charge in [0.1, 0.15) is 0 Å². The number of rotatable bonds is 13. The van der Waals surface area contributed by atoms with Crippen molar-refractivity contribution in [3.63, 3.8) is 0 Å². The molecular formula is C29H37N7O2. The predicted octanol–water partition coefficient (Wildman–Crippen LogP) is 3.46. The highest BCUT2D eigenvalue weighted by Crippen LogP contribution is 2.20. The molecule has 0 spiro atoms. The smallest absolute Gasteiger partial charge is 0.246 e. The fraction of sp³-hybridized carbons (Fsp3) is 0.310. The van der Waals surface area contributed by atoms with E-state index in [0.29, 0.717) is 49.0 Å². The summed E-state index contributed by atoms with van der Waals surface area (Å²) < 4.78 is 0. The van der Waals surface area contributed by atoms with Crippen molar-refractivity contribution < 1.29 is 9.59 Å². The van der Waals surface area contributed by atoms with Gasteiger partial charge in [0, 0.05) is 44.0 Å². The molecule has 0 saturated carbocycles. The Morgan fingerprint density at radius 2 is 1.89 bits per heavy atom. The first-order valence-electron chi connectivity index (χ1n) is 12.3. The lowest BCUT2D eigenvalue weighted by atomic mass is 10.2. The number of amides is 2. The second-order valence-electron chi connectivity index (χ2n) is 8.92. The minimum absolute atomic E-state index is 0.000849. The van der Waals surface area contributed by atoms with Crippen LogP contribution in [0.3, 0.4) is 0 Å². The fourth-order valence-electron chi connectivity index (χ4n) is 3.00. The Bertz CT molecular complexity index is 1210. The molecule has 9 heteroatoms. The molecule has 200 valence electrons. The van der Waals surface area contributed by atoms with Gasteiger partial charge in [0.2, 0.25) is 17.8 Å². The number of benzene rings is 1. The van der Waals surface area contributed by atoms with E-state index >= 15 is 0 Å². The predicted molar refractivity (Wildman–Crippen MR) is 154 cm³/mol. The van der Waals surface area contributed by atoms with Crippen LogP contribution in [0.15, 0.2) is 67.5 Å². The van der Waals surface area contributed by atoms with E-state index in [0.717, 1.165) is 11.3 Å². The number of nitrogens with one attached hydrogen (secondary N) is 3. The number of likely N-dealkylation sites (N-methyl/N-ethyl adjacent to an activating group) is 2. The molecule has 0 aliphatic heterocycles. The zero-order valence-corrected chi connectivity index (χ0v) is 22.7. The summed E-state index contributed by atoms with van der Waals surface area (Å²) in [6.07, 6.45) is 7.72. The number of carbonyl (C=O) groups is 2. The number of aryl methyl sites for hydroxylation is 1. The number of allylic oxidation sites excluding steroid dienone is 1. The van der Waals surface area contributed by atoms with E-state index in [1.165, 1.54) is 11.0 Å². The first-order valence-corrected chi connectivity index (χ1v) is 12.3. The summed E-state index contributed by atoms with van der Waals surface area (Å²) in [6, 6.07) is 7.96. The van der Waals surface area contributed by atoms with Crippen LogP contribution in [0.25, 0.3) is 0 Å². The van der Waals surface area contributed by atoms with Crippen molar-refractivity contribution >= 4 is 29.3 Å². The van der Waals surface area contributed by atoms with Gasteiger partial charge in [-0.05, 0) is 45.6 Å². The molecule has 0 saturated heterocycles. The van der Waals surface area contributed by atoms with E-state index in [9.17, 15) is 9.59 Å². The van der Waals surface area contributed by atoms with Crippen LogP contribution in [0, 0.1) is 18.8 Å². The van der Waals surface area contributed by atoms with Crippen molar-refractivity contribution in [2.45, 2.75) is 19.8 Å². The lowest BCUT2D eigenvalue weighted by Gasteiger charge is -2.14. The van der Waals surface area contributed by atoms with E-state index in [1.54, 1.807) is 25.4 Å².